The molecule has 0 bridgehead atoms. The number of carbonyl (C=O) groups excluding carboxylic acids is 2. The Kier molecular flexibility index (Phi) is 16.8. The third-order valence-electron chi connectivity index (χ3n) is 5.37. The van der Waals surface area contributed by atoms with E-state index < -0.39 is 22.6 Å². The molecule has 0 spiro atoms. The van der Waals surface area contributed by atoms with Crippen LogP contribution in [0.1, 0.15) is 111 Å². The molecule has 0 radical (unpaired) electrons. The molecule has 0 aliphatic rings. The van der Waals surface area contributed by atoms with Crippen molar-refractivity contribution >= 4 is 17.8 Å². The number of aliphatic imine (C=N–C) groups is 1. The van der Waals surface area contributed by atoms with E-state index in [0.29, 0.717) is 25.3 Å². The zero-order valence-corrected chi connectivity index (χ0v) is 21.1. The van der Waals surface area contributed by atoms with E-state index in [1.54, 1.807) is 5.43 Å². The SMILES string of the molecule is CCCCCCCCCCCC(=O)N[C@](CCC)(N=C(N)N[N+](=O)[O-])C(=O)NCCC(C)C. The third-order valence-corrected chi connectivity index (χ3v) is 5.37. The number of carbonyl (C=O) groups is 2. The molecule has 0 aromatic heterocycles. The second kappa shape index (κ2) is 18.1. The second-order valence-electron chi connectivity index (χ2n) is 9.04. The van der Waals surface area contributed by atoms with Gasteiger partial charge in [0.05, 0.1) is 0 Å². The summed E-state index contributed by atoms with van der Waals surface area (Å²) in [5, 5.41) is 15.4. The molecule has 192 valence electrons. The normalized spacial score (nSPS) is 13.4. The predicted molar refractivity (Wildman–Crippen MR) is 132 cm³/mol. The van der Waals surface area contributed by atoms with Crippen LogP contribution in [0.3, 0.4) is 0 Å². The van der Waals surface area contributed by atoms with E-state index >= 15 is 0 Å². The Bertz CT molecular complexity index is 612. The molecule has 10 heteroatoms. The maximum absolute atomic E-state index is 13.0. The molecule has 0 aliphatic carbocycles. The molecule has 0 saturated heterocycles. The van der Waals surface area contributed by atoms with Gasteiger partial charge < -0.3 is 16.4 Å². The van der Waals surface area contributed by atoms with Crippen LogP contribution in [0.25, 0.3) is 0 Å². The minimum Gasteiger partial charge on any atom is -0.365 e. The second-order valence-corrected chi connectivity index (χ2v) is 9.04. The molecule has 1 atom stereocenters. The zero-order chi connectivity index (χ0) is 25.1. The van der Waals surface area contributed by atoms with E-state index in [-0.39, 0.29) is 18.7 Å². The molecule has 0 unspecified atom stereocenters. The summed E-state index contributed by atoms with van der Waals surface area (Å²) in [4.78, 5) is 40.5. The Labute approximate surface area is 199 Å². The predicted octanol–water partition coefficient (Wildman–Crippen LogP) is 3.78. The molecule has 10 nitrogen and oxygen atoms in total. The Morgan fingerprint density at radius 1 is 1.00 bits per heavy atom. The molecule has 33 heavy (non-hydrogen) atoms. The number of nitrogens with one attached hydrogen (secondary N) is 3. The molecule has 0 aromatic rings. The molecule has 0 fully saturated rings. The summed E-state index contributed by atoms with van der Waals surface area (Å²) in [6.07, 6.45) is 11.9. The lowest BCUT2D eigenvalue weighted by Crippen LogP contribution is -2.59. The maximum atomic E-state index is 13.0. The van der Waals surface area contributed by atoms with Crippen LogP contribution in [-0.2, 0) is 9.59 Å². The maximum Gasteiger partial charge on any atom is 0.268 e. The molecule has 2 amide bonds. The van der Waals surface area contributed by atoms with Gasteiger partial charge in [-0.1, -0.05) is 90.9 Å². The fourth-order valence-corrected chi connectivity index (χ4v) is 3.56. The van der Waals surface area contributed by atoms with Gasteiger partial charge in [0.2, 0.25) is 11.6 Å². The highest BCUT2D eigenvalue weighted by Gasteiger charge is 2.39. The number of nitrogens with two attached hydrogens (primary N) is 1. The first-order valence-corrected chi connectivity index (χ1v) is 12.5. The Morgan fingerprint density at radius 3 is 2.09 bits per heavy atom. The van der Waals surface area contributed by atoms with Crippen molar-refractivity contribution < 1.29 is 14.6 Å². The van der Waals surface area contributed by atoms with Crippen molar-refractivity contribution in [2.24, 2.45) is 16.6 Å². The van der Waals surface area contributed by atoms with Crippen LogP contribution in [0, 0.1) is 16.0 Å². The quantitative estimate of drug-likeness (QED) is 0.0741. The molecular weight excluding hydrogens is 424 g/mol. The molecule has 0 aliphatic heterocycles. The van der Waals surface area contributed by atoms with Crippen molar-refractivity contribution in [2.45, 2.75) is 117 Å². The zero-order valence-electron chi connectivity index (χ0n) is 21.1. The summed E-state index contributed by atoms with van der Waals surface area (Å²) in [5.41, 5.74) is 5.72. The molecule has 0 saturated carbocycles. The van der Waals surface area contributed by atoms with Crippen LogP contribution in [0.4, 0.5) is 0 Å². The number of nitrogens with zero attached hydrogens (tertiary/aromatic N) is 2. The summed E-state index contributed by atoms with van der Waals surface area (Å²) in [6.45, 7) is 8.53. The lowest BCUT2D eigenvalue weighted by Gasteiger charge is -2.30. The first kappa shape index (κ1) is 30.6. The Hall–Kier alpha value is -2.39. The highest BCUT2D eigenvalue weighted by atomic mass is 16.7. The Balaban J connectivity index is 4.99. The van der Waals surface area contributed by atoms with E-state index in [0.717, 1.165) is 25.7 Å². The van der Waals surface area contributed by atoms with Gasteiger partial charge in [-0.05, 0) is 18.8 Å². The Morgan fingerprint density at radius 2 is 1.58 bits per heavy atom. The first-order valence-electron chi connectivity index (χ1n) is 12.5. The van der Waals surface area contributed by atoms with Crippen molar-refractivity contribution in [1.29, 1.82) is 0 Å². The summed E-state index contributed by atoms with van der Waals surface area (Å²) >= 11 is 0. The van der Waals surface area contributed by atoms with Gasteiger partial charge in [-0.25, -0.2) is 15.1 Å². The lowest BCUT2D eigenvalue weighted by molar-refractivity contribution is -0.525. The standard InChI is InChI=1S/C23H46N6O4/c1-5-7-8-9-10-11-12-13-14-15-20(30)26-23(17-6-2,27-22(24)28-29(32)33)21(31)25-18-16-19(3)4/h19H,5-18H2,1-4H3,(H,25,31)(H,26,30)(H3,24,27,28)/t23-/m1/s1. The summed E-state index contributed by atoms with van der Waals surface area (Å²) in [7, 11) is 0. The largest absolute Gasteiger partial charge is 0.365 e. The number of hydrogen-bond donors (Lipinski definition) is 4. The molecule has 0 rings (SSSR count). The van der Waals surface area contributed by atoms with Crippen molar-refractivity contribution in [2.75, 3.05) is 6.54 Å². The van der Waals surface area contributed by atoms with Crippen LogP contribution in [0.15, 0.2) is 4.99 Å². The van der Waals surface area contributed by atoms with Crippen molar-refractivity contribution in [3.05, 3.63) is 10.1 Å². The average Bonchev–Trinajstić information content (AvgIpc) is 2.71. The van der Waals surface area contributed by atoms with Crippen LogP contribution in [-0.4, -0.2) is 35.0 Å². The minimum atomic E-state index is -1.69. The first-order chi connectivity index (χ1) is 15.7. The fourth-order valence-electron chi connectivity index (χ4n) is 3.56. The lowest BCUT2D eigenvalue weighted by atomic mass is 10.0. The number of rotatable bonds is 19. The van der Waals surface area contributed by atoms with Crippen LogP contribution < -0.4 is 21.8 Å². The van der Waals surface area contributed by atoms with Gasteiger partial charge in [-0.3, -0.25) is 9.59 Å². The fraction of sp³-hybridized carbons (Fsp3) is 0.870. The monoisotopic (exact) mass is 470 g/mol. The van der Waals surface area contributed by atoms with E-state index in [2.05, 4.69) is 22.5 Å². The number of amides is 2. The van der Waals surface area contributed by atoms with Gasteiger partial charge in [0.15, 0.2) is 5.03 Å². The van der Waals surface area contributed by atoms with E-state index in [9.17, 15) is 19.7 Å². The molecule has 5 N–H and O–H groups in total. The van der Waals surface area contributed by atoms with Gasteiger partial charge in [0, 0.05) is 19.4 Å². The van der Waals surface area contributed by atoms with Gasteiger partial charge in [0.25, 0.3) is 11.9 Å². The highest BCUT2D eigenvalue weighted by molar-refractivity contribution is 5.93. The summed E-state index contributed by atoms with van der Waals surface area (Å²) in [5.74, 6) is -0.978. The van der Waals surface area contributed by atoms with Gasteiger partial charge >= 0.3 is 0 Å². The topological polar surface area (TPSA) is 152 Å². The average molecular weight is 471 g/mol. The van der Waals surface area contributed by atoms with Crippen molar-refractivity contribution in [3.8, 4) is 0 Å². The van der Waals surface area contributed by atoms with E-state index in [4.69, 9.17) is 5.73 Å². The smallest absolute Gasteiger partial charge is 0.268 e. The van der Waals surface area contributed by atoms with Crippen LogP contribution in [0.2, 0.25) is 0 Å². The highest BCUT2D eigenvalue weighted by Crippen LogP contribution is 2.18. The number of hydrogen-bond acceptors (Lipinski definition) is 5. The van der Waals surface area contributed by atoms with Crippen LogP contribution >= 0.6 is 0 Å². The summed E-state index contributed by atoms with van der Waals surface area (Å²) in [6, 6.07) is 0. The summed E-state index contributed by atoms with van der Waals surface area (Å²) < 4.78 is 0. The molecular formula is C23H46N6O4. The number of nitro groups is 1. The van der Waals surface area contributed by atoms with Gasteiger partial charge in [-0.2, -0.15) is 0 Å². The van der Waals surface area contributed by atoms with Crippen molar-refractivity contribution in [3.63, 3.8) is 0 Å². The number of guanidine groups is 1. The number of unbranched alkanes of at least 4 members (excludes halogenated alkanes) is 8. The van der Waals surface area contributed by atoms with E-state index in [1.807, 2.05) is 20.8 Å². The van der Waals surface area contributed by atoms with Crippen LogP contribution in [0.5, 0.6) is 0 Å². The van der Waals surface area contributed by atoms with E-state index in [1.165, 1.54) is 32.1 Å². The van der Waals surface area contributed by atoms with Gasteiger partial charge in [0.1, 0.15) is 0 Å². The minimum absolute atomic E-state index is 0.171. The number of hydrazine groups is 1. The van der Waals surface area contributed by atoms with Crippen molar-refractivity contribution in [1.82, 2.24) is 16.1 Å². The third kappa shape index (κ3) is 15.1. The molecule has 0 aromatic carbocycles. The molecule has 0 heterocycles. The van der Waals surface area contributed by atoms with Gasteiger partial charge in [-0.15, -0.1) is 0 Å².